The van der Waals surface area contributed by atoms with E-state index in [-0.39, 0.29) is 22.9 Å². The van der Waals surface area contributed by atoms with Crippen molar-refractivity contribution in [2.24, 2.45) is 11.8 Å². The van der Waals surface area contributed by atoms with E-state index in [0.29, 0.717) is 23.2 Å². The van der Waals surface area contributed by atoms with Crippen molar-refractivity contribution in [1.82, 2.24) is 25.0 Å². The Hall–Kier alpha value is -3.22. The summed E-state index contributed by atoms with van der Waals surface area (Å²) in [5.41, 5.74) is 2.22. The molecule has 2 unspecified atom stereocenters. The predicted octanol–water partition coefficient (Wildman–Crippen LogP) is 3.29. The van der Waals surface area contributed by atoms with E-state index in [9.17, 15) is 9.59 Å². The van der Waals surface area contributed by atoms with E-state index in [0.717, 1.165) is 43.3 Å². The minimum atomic E-state index is -0.287. The van der Waals surface area contributed by atoms with Gasteiger partial charge in [0.2, 0.25) is 0 Å². The number of carbonyl (C=O) groups excluding carboxylic acids is 2. The maximum Gasteiger partial charge on any atom is 0.271 e. The first kappa shape index (κ1) is 19.5. The lowest BCUT2D eigenvalue weighted by Gasteiger charge is -2.62. The fourth-order valence-corrected chi connectivity index (χ4v) is 6.85. The third kappa shape index (κ3) is 3.27. The zero-order valence-electron chi connectivity index (χ0n) is 18.2. The molecule has 4 saturated carbocycles. The second kappa shape index (κ2) is 6.89. The van der Waals surface area contributed by atoms with Crippen molar-refractivity contribution in [3.05, 3.63) is 65.9 Å². The summed E-state index contributed by atoms with van der Waals surface area (Å²) in [6.07, 6.45) is 11.2. The van der Waals surface area contributed by atoms with Gasteiger partial charge in [-0.05, 0) is 87.1 Å². The van der Waals surface area contributed by atoms with E-state index in [4.69, 9.17) is 0 Å². The van der Waals surface area contributed by atoms with E-state index < -0.39 is 0 Å². The summed E-state index contributed by atoms with van der Waals surface area (Å²) in [5.74, 6) is 0.790. The summed E-state index contributed by atoms with van der Waals surface area (Å²) in [6.45, 7) is 2.02. The van der Waals surface area contributed by atoms with Gasteiger partial charge in [-0.3, -0.25) is 14.6 Å². The monoisotopic (exact) mass is 429 g/mol. The zero-order valence-corrected chi connectivity index (χ0v) is 18.2. The molecule has 4 aliphatic carbocycles. The van der Waals surface area contributed by atoms with Crippen molar-refractivity contribution in [1.29, 1.82) is 0 Å². The molecular formula is C25H27N5O2. The van der Waals surface area contributed by atoms with Crippen molar-refractivity contribution in [3.8, 4) is 0 Å². The Morgan fingerprint density at radius 2 is 1.69 bits per heavy atom. The predicted molar refractivity (Wildman–Crippen MR) is 119 cm³/mol. The largest absolute Gasteiger partial charge is 0.345 e. The Morgan fingerprint density at radius 3 is 2.34 bits per heavy atom. The first-order valence-electron chi connectivity index (χ1n) is 11.4. The highest BCUT2D eigenvalue weighted by Crippen LogP contribution is 2.57. The molecule has 2 atom stereocenters. The number of hydrogen-bond donors (Lipinski definition) is 2. The summed E-state index contributed by atoms with van der Waals surface area (Å²) >= 11 is 0. The molecular weight excluding hydrogens is 402 g/mol. The van der Waals surface area contributed by atoms with Crippen LogP contribution in [0.2, 0.25) is 0 Å². The van der Waals surface area contributed by atoms with Crippen molar-refractivity contribution in [2.75, 3.05) is 0 Å². The molecule has 7 heteroatoms. The Kier molecular flexibility index (Phi) is 4.19. The van der Waals surface area contributed by atoms with Crippen LogP contribution in [0.3, 0.4) is 0 Å². The van der Waals surface area contributed by atoms with Gasteiger partial charge in [0, 0.05) is 29.7 Å². The van der Waals surface area contributed by atoms with Crippen LogP contribution in [-0.4, -0.2) is 37.3 Å². The second-order valence-corrected chi connectivity index (χ2v) is 10.2. The number of aryl methyl sites for hydroxylation is 1. The molecule has 0 saturated heterocycles. The number of nitrogens with one attached hydrogen (secondary N) is 2. The summed E-state index contributed by atoms with van der Waals surface area (Å²) in [5, 5.41) is 6.71. The Balaban J connectivity index is 1.25. The Bertz CT molecular complexity index is 1200. The molecule has 2 N–H and O–H groups in total. The van der Waals surface area contributed by atoms with Crippen LogP contribution in [0.15, 0.2) is 48.9 Å². The number of hydrogen-bond acceptors (Lipinski definition) is 4. The number of imidazole rings is 1. The molecule has 32 heavy (non-hydrogen) atoms. The lowest BCUT2D eigenvalue weighted by molar-refractivity contribution is -0.0449. The van der Waals surface area contributed by atoms with Gasteiger partial charge < -0.3 is 15.0 Å². The standard InChI is InChI=1S/C25H27N5O2/c1-16-5-7-30-14-20(27-21(30)8-16)23(32)29-25-12-17-9-18(13-25)11-24(10-17,15-25)28-22(31)19-4-2-3-6-26-19/h2-8,14,17-18H,9-13,15H2,1H3,(H,28,31)(H,29,32). The van der Waals surface area contributed by atoms with Crippen LogP contribution in [0.5, 0.6) is 0 Å². The minimum absolute atomic E-state index is 0.121. The highest BCUT2D eigenvalue weighted by molar-refractivity contribution is 5.94. The van der Waals surface area contributed by atoms with Crippen LogP contribution >= 0.6 is 0 Å². The SMILES string of the molecule is Cc1ccn2cc(C(=O)NC34CC5CC(CC(NC(=O)c6ccccn6)(C5)C3)C4)nc2c1. The third-order valence-corrected chi connectivity index (χ3v) is 7.56. The van der Waals surface area contributed by atoms with Crippen molar-refractivity contribution in [2.45, 2.75) is 56.5 Å². The van der Waals surface area contributed by atoms with E-state index in [1.807, 2.05) is 41.8 Å². The molecule has 4 aliphatic rings. The van der Waals surface area contributed by atoms with Crippen LogP contribution < -0.4 is 10.6 Å². The van der Waals surface area contributed by atoms with E-state index in [2.05, 4.69) is 20.6 Å². The topological polar surface area (TPSA) is 88.4 Å². The molecule has 0 spiro atoms. The normalized spacial score (nSPS) is 30.4. The average Bonchev–Trinajstić information content (AvgIpc) is 3.16. The van der Waals surface area contributed by atoms with E-state index >= 15 is 0 Å². The molecule has 7 nitrogen and oxygen atoms in total. The number of carbonyl (C=O) groups is 2. The quantitative estimate of drug-likeness (QED) is 0.666. The Labute approximate surface area is 186 Å². The van der Waals surface area contributed by atoms with Gasteiger partial charge >= 0.3 is 0 Å². The van der Waals surface area contributed by atoms with Crippen molar-refractivity contribution < 1.29 is 9.59 Å². The van der Waals surface area contributed by atoms with Gasteiger partial charge in [-0.2, -0.15) is 0 Å². The fourth-order valence-electron chi connectivity index (χ4n) is 6.85. The number of fused-ring (bicyclic) bond motifs is 1. The second-order valence-electron chi connectivity index (χ2n) is 10.2. The van der Waals surface area contributed by atoms with Crippen molar-refractivity contribution in [3.63, 3.8) is 0 Å². The third-order valence-electron chi connectivity index (χ3n) is 7.56. The Morgan fingerprint density at radius 1 is 1.00 bits per heavy atom. The molecule has 4 bridgehead atoms. The number of rotatable bonds is 4. The van der Waals surface area contributed by atoms with Gasteiger partial charge in [0.15, 0.2) is 0 Å². The number of nitrogens with zero attached hydrogens (tertiary/aromatic N) is 3. The molecule has 0 radical (unpaired) electrons. The molecule has 164 valence electrons. The van der Waals surface area contributed by atoms with Gasteiger partial charge in [-0.15, -0.1) is 0 Å². The van der Waals surface area contributed by atoms with Gasteiger partial charge in [0.05, 0.1) is 0 Å². The molecule has 7 rings (SSSR count). The summed E-state index contributed by atoms with van der Waals surface area (Å²) in [6, 6.07) is 9.37. The molecule has 0 aliphatic heterocycles. The van der Waals surface area contributed by atoms with Gasteiger partial charge in [0.1, 0.15) is 17.0 Å². The van der Waals surface area contributed by atoms with Crippen LogP contribution in [-0.2, 0) is 0 Å². The van der Waals surface area contributed by atoms with E-state index in [1.54, 1.807) is 18.5 Å². The number of aromatic nitrogens is 3. The molecule has 2 amide bonds. The van der Waals surface area contributed by atoms with Gasteiger partial charge in [0.25, 0.3) is 11.8 Å². The summed E-state index contributed by atoms with van der Waals surface area (Å²) < 4.78 is 1.89. The van der Waals surface area contributed by atoms with Crippen LogP contribution in [0.4, 0.5) is 0 Å². The molecule has 3 aromatic rings. The van der Waals surface area contributed by atoms with Gasteiger partial charge in [-0.1, -0.05) is 6.07 Å². The lowest BCUT2D eigenvalue weighted by atomic mass is 9.49. The van der Waals surface area contributed by atoms with Crippen LogP contribution in [0.1, 0.15) is 65.1 Å². The smallest absolute Gasteiger partial charge is 0.271 e. The molecule has 3 heterocycles. The van der Waals surface area contributed by atoms with Crippen molar-refractivity contribution >= 4 is 17.5 Å². The summed E-state index contributed by atoms with van der Waals surface area (Å²) in [7, 11) is 0. The van der Waals surface area contributed by atoms with Gasteiger partial charge in [-0.25, -0.2) is 4.98 Å². The highest BCUT2D eigenvalue weighted by atomic mass is 16.2. The molecule has 3 aromatic heterocycles. The lowest BCUT2D eigenvalue weighted by Crippen LogP contribution is -2.69. The summed E-state index contributed by atoms with van der Waals surface area (Å²) in [4.78, 5) is 34.9. The number of amides is 2. The maximum atomic E-state index is 13.2. The average molecular weight is 430 g/mol. The first-order valence-corrected chi connectivity index (χ1v) is 11.4. The maximum absolute atomic E-state index is 13.2. The first-order chi connectivity index (χ1) is 15.4. The fraction of sp³-hybridized carbons (Fsp3) is 0.440. The number of pyridine rings is 2. The van der Waals surface area contributed by atoms with Crippen LogP contribution in [0.25, 0.3) is 5.65 Å². The highest BCUT2D eigenvalue weighted by Gasteiger charge is 2.58. The van der Waals surface area contributed by atoms with E-state index in [1.165, 1.54) is 6.42 Å². The minimum Gasteiger partial charge on any atom is -0.345 e. The zero-order chi connectivity index (χ0) is 21.9. The van der Waals surface area contributed by atoms with Crippen LogP contribution in [0, 0.1) is 18.8 Å². The molecule has 4 fully saturated rings. The molecule has 0 aromatic carbocycles.